The number of hydrogen-bond acceptors (Lipinski definition) is 4. The molecular formula is C23H26N4O. The minimum Gasteiger partial charge on any atom is -0.330 e. The van der Waals surface area contributed by atoms with Crippen molar-refractivity contribution in [1.29, 1.82) is 0 Å². The molecule has 0 radical (unpaired) electrons. The number of nitrogens with zero attached hydrogens (tertiary/aromatic N) is 3. The fourth-order valence-electron chi connectivity index (χ4n) is 4.00. The van der Waals surface area contributed by atoms with Gasteiger partial charge in [-0.1, -0.05) is 12.1 Å². The van der Waals surface area contributed by atoms with Gasteiger partial charge in [0.1, 0.15) is 0 Å². The maximum Gasteiger partial charge on any atom is 0.227 e. The summed E-state index contributed by atoms with van der Waals surface area (Å²) in [5.74, 6) is 0.179. The average molecular weight is 374 g/mol. The summed E-state index contributed by atoms with van der Waals surface area (Å²) in [5.41, 5.74) is 12.1. The molecule has 5 nitrogen and oxygen atoms in total. The molecule has 0 atom stereocenters. The van der Waals surface area contributed by atoms with E-state index >= 15 is 0 Å². The third-order valence-corrected chi connectivity index (χ3v) is 5.49. The molecule has 4 rings (SSSR count). The Balaban J connectivity index is 1.50. The Morgan fingerprint density at radius 1 is 1.21 bits per heavy atom. The second-order valence-electron chi connectivity index (χ2n) is 7.43. The van der Waals surface area contributed by atoms with Crippen molar-refractivity contribution in [2.45, 2.75) is 39.0 Å². The molecule has 1 aliphatic rings. The van der Waals surface area contributed by atoms with Gasteiger partial charge in [-0.15, -0.1) is 0 Å². The summed E-state index contributed by atoms with van der Waals surface area (Å²) in [6.45, 7) is 3.43. The summed E-state index contributed by atoms with van der Waals surface area (Å²) in [6.07, 6.45) is 5.85. The lowest BCUT2D eigenvalue weighted by Gasteiger charge is -2.30. The topological polar surface area (TPSA) is 72.1 Å². The van der Waals surface area contributed by atoms with E-state index in [9.17, 15) is 4.79 Å². The van der Waals surface area contributed by atoms with Gasteiger partial charge in [0.2, 0.25) is 5.91 Å². The molecule has 0 saturated heterocycles. The molecule has 1 aliphatic heterocycles. The number of fused-ring (bicyclic) bond motifs is 2. The summed E-state index contributed by atoms with van der Waals surface area (Å²) in [7, 11) is 0. The van der Waals surface area contributed by atoms with Gasteiger partial charge in [0.25, 0.3) is 0 Å². The molecule has 3 aromatic rings. The van der Waals surface area contributed by atoms with Crippen LogP contribution in [0.4, 0.5) is 5.69 Å². The van der Waals surface area contributed by atoms with Gasteiger partial charge >= 0.3 is 0 Å². The van der Waals surface area contributed by atoms with E-state index in [1.807, 2.05) is 24.0 Å². The maximum absolute atomic E-state index is 13.0. The predicted octanol–water partition coefficient (Wildman–Crippen LogP) is 3.35. The highest BCUT2D eigenvalue weighted by Crippen LogP contribution is 2.29. The van der Waals surface area contributed by atoms with Crippen LogP contribution in [0.2, 0.25) is 0 Å². The molecule has 0 saturated carbocycles. The summed E-state index contributed by atoms with van der Waals surface area (Å²) >= 11 is 0. The Morgan fingerprint density at radius 3 is 2.96 bits per heavy atom. The zero-order valence-corrected chi connectivity index (χ0v) is 16.3. The molecule has 144 valence electrons. The number of pyridine rings is 2. The second kappa shape index (κ2) is 8.07. The van der Waals surface area contributed by atoms with Crippen molar-refractivity contribution in [1.82, 2.24) is 9.97 Å². The number of aryl methyl sites for hydroxylation is 3. The zero-order chi connectivity index (χ0) is 19.5. The Kier molecular flexibility index (Phi) is 5.35. The first-order valence-corrected chi connectivity index (χ1v) is 9.99. The van der Waals surface area contributed by atoms with Crippen LogP contribution in [0.5, 0.6) is 0 Å². The third kappa shape index (κ3) is 3.76. The molecule has 0 fully saturated rings. The van der Waals surface area contributed by atoms with Gasteiger partial charge in [-0.3, -0.25) is 4.79 Å². The van der Waals surface area contributed by atoms with Gasteiger partial charge in [-0.05, 0) is 80.1 Å². The molecule has 1 aromatic carbocycles. The number of hydrogen-bond donors (Lipinski definition) is 1. The number of nitrogens with two attached hydrogens (primary N) is 1. The highest BCUT2D eigenvalue weighted by atomic mass is 16.2. The lowest BCUT2D eigenvalue weighted by Crippen LogP contribution is -2.35. The van der Waals surface area contributed by atoms with Crippen molar-refractivity contribution < 1.29 is 4.79 Å². The van der Waals surface area contributed by atoms with Crippen LogP contribution in [-0.2, 0) is 24.1 Å². The SMILES string of the molecule is Cc1nc2ncccc2cc1CCC(=O)N1CCCc2cc(CCN)ccc21. The molecule has 0 bridgehead atoms. The minimum atomic E-state index is 0.179. The molecule has 2 aromatic heterocycles. The third-order valence-electron chi connectivity index (χ3n) is 5.49. The van der Waals surface area contributed by atoms with Crippen molar-refractivity contribution in [2.24, 2.45) is 5.73 Å². The molecule has 0 spiro atoms. The van der Waals surface area contributed by atoms with Crippen LogP contribution in [0, 0.1) is 6.92 Å². The Hall–Kier alpha value is -2.79. The van der Waals surface area contributed by atoms with Crippen molar-refractivity contribution >= 4 is 22.6 Å². The molecular weight excluding hydrogens is 348 g/mol. The van der Waals surface area contributed by atoms with E-state index in [1.165, 1.54) is 11.1 Å². The summed E-state index contributed by atoms with van der Waals surface area (Å²) < 4.78 is 0. The monoisotopic (exact) mass is 374 g/mol. The number of aromatic nitrogens is 2. The Morgan fingerprint density at radius 2 is 2.11 bits per heavy atom. The van der Waals surface area contributed by atoms with E-state index in [0.717, 1.165) is 53.8 Å². The molecule has 2 N–H and O–H groups in total. The van der Waals surface area contributed by atoms with Gasteiger partial charge in [0.15, 0.2) is 5.65 Å². The molecule has 1 amide bonds. The number of carbonyl (C=O) groups excluding carboxylic acids is 1. The lowest BCUT2D eigenvalue weighted by molar-refractivity contribution is -0.118. The van der Waals surface area contributed by atoms with Crippen molar-refractivity contribution in [3.05, 3.63) is 65.0 Å². The van der Waals surface area contributed by atoms with Gasteiger partial charge < -0.3 is 10.6 Å². The molecule has 3 heterocycles. The van der Waals surface area contributed by atoms with Crippen LogP contribution >= 0.6 is 0 Å². The summed E-state index contributed by atoms with van der Waals surface area (Å²) in [6, 6.07) is 12.4. The number of carbonyl (C=O) groups is 1. The smallest absolute Gasteiger partial charge is 0.227 e. The van der Waals surface area contributed by atoms with Gasteiger partial charge in [-0.25, -0.2) is 9.97 Å². The van der Waals surface area contributed by atoms with Crippen LogP contribution in [0.25, 0.3) is 11.0 Å². The van der Waals surface area contributed by atoms with Crippen molar-refractivity contribution in [3.63, 3.8) is 0 Å². The quantitative estimate of drug-likeness (QED) is 0.743. The fourth-order valence-corrected chi connectivity index (χ4v) is 4.00. The minimum absolute atomic E-state index is 0.179. The molecule has 0 aliphatic carbocycles. The molecule has 0 unspecified atom stereocenters. The van der Waals surface area contributed by atoms with Crippen LogP contribution in [0.1, 0.15) is 35.2 Å². The number of benzene rings is 1. The van der Waals surface area contributed by atoms with Crippen LogP contribution in [0.3, 0.4) is 0 Å². The normalized spacial score (nSPS) is 13.6. The standard InChI is InChI=1S/C23H26N4O/c1-16-18(15-20-4-2-12-25-23(20)26-16)7-9-22(28)27-13-3-5-19-14-17(10-11-24)6-8-21(19)27/h2,4,6,8,12,14-15H,3,5,7,9-11,13,24H2,1H3. The van der Waals surface area contributed by atoms with Crippen LogP contribution in [-0.4, -0.2) is 29.0 Å². The van der Waals surface area contributed by atoms with Gasteiger partial charge in [0.05, 0.1) is 0 Å². The van der Waals surface area contributed by atoms with Crippen molar-refractivity contribution in [3.8, 4) is 0 Å². The van der Waals surface area contributed by atoms with Gasteiger partial charge in [-0.2, -0.15) is 0 Å². The van der Waals surface area contributed by atoms with E-state index < -0.39 is 0 Å². The first-order valence-electron chi connectivity index (χ1n) is 9.99. The number of rotatable bonds is 5. The largest absolute Gasteiger partial charge is 0.330 e. The molecule has 5 heteroatoms. The number of amides is 1. The van der Waals surface area contributed by atoms with E-state index in [0.29, 0.717) is 19.4 Å². The highest BCUT2D eigenvalue weighted by molar-refractivity contribution is 5.94. The fraction of sp³-hybridized carbons (Fsp3) is 0.348. The van der Waals surface area contributed by atoms with Crippen LogP contribution < -0.4 is 10.6 Å². The van der Waals surface area contributed by atoms with E-state index in [4.69, 9.17) is 5.73 Å². The Labute approximate surface area is 165 Å². The highest BCUT2D eigenvalue weighted by Gasteiger charge is 2.22. The predicted molar refractivity (Wildman–Crippen MR) is 112 cm³/mol. The summed E-state index contributed by atoms with van der Waals surface area (Å²) in [5, 5.41) is 1.02. The first-order chi connectivity index (χ1) is 13.7. The van der Waals surface area contributed by atoms with E-state index in [-0.39, 0.29) is 5.91 Å². The van der Waals surface area contributed by atoms with Crippen molar-refractivity contribution in [2.75, 3.05) is 18.0 Å². The lowest BCUT2D eigenvalue weighted by atomic mass is 9.97. The Bertz CT molecular complexity index is 1010. The first kappa shape index (κ1) is 18.6. The zero-order valence-electron chi connectivity index (χ0n) is 16.3. The second-order valence-corrected chi connectivity index (χ2v) is 7.43. The van der Waals surface area contributed by atoms with E-state index in [1.54, 1.807) is 6.20 Å². The van der Waals surface area contributed by atoms with E-state index in [2.05, 4.69) is 34.2 Å². The van der Waals surface area contributed by atoms with Gasteiger partial charge in [0, 0.05) is 35.9 Å². The average Bonchev–Trinajstić information content (AvgIpc) is 2.71. The summed E-state index contributed by atoms with van der Waals surface area (Å²) in [4.78, 5) is 23.8. The number of anilines is 1. The maximum atomic E-state index is 13.0. The molecule has 28 heavy (non-hydrogen) atoms. The van der Waals surface area contributed by atoms with Crippen LogP contribution in [0.15, 0.2) is 42.6 Å².